The molecule has 1 heterocycles. The smallest absolute Gasteiger partial charge is 0.330 e. The third kappa shape index (κ3) is 3.04. The molecule has 6 nitrogen and oxygen atoms in total. The molecule has 6 heteroatoms. The number of hydrogen-bond acceptors (Lipinski definition) is 4. The number of nitrogens with zero attached hydrogens (tertiary/aromatic N) is 1. The second-order valence-electron chi connectivity index (χ2n) is 3.47. The summed E-state index contributed by atoms with van der Waals surface area (Å²) in [5.74, 6) is 0. The average Bonchev–Trinajstić information content (AvgIpc) is 2.25. The van der Waals surface area contributed by atoms with E-state index in [2.05, 4.69) is 4.98 Å². The Bertz CT molecular complexity index is 433. The summed E-state index contributed by atoms with van der Waals surface area (Å²) in [5, 5.41) is 8.97. The number of aliphatic hydroxyl groups is 1. The molecule has 0 spiro atoms. The van der Waals surface area contributed by atoms with Gasteiger partial charge in [-0.05, 0) is 13.3 Å². The van der Waals surface area contributed by atoms with E-state index in [4.69, 9.17) is 9.84 Å². The van der Waals surface area contributed by atoms with Crippen LogP contribution in [0, 0.1) is 0 Å². The minimum Gasteiger partial charge on any atom is -0.394 e. The van der Waals surface area contributed by atoms with Crippen molar-refractivity contribution >= 4 is 0 Å². The number of rotatable bonds is 5. The van der Waals surface area contributed by atoms with Gasteiger partial charge in [0.15, 0.2) is 0 Å². The molecule has 2 atom stereocenters. The van der Waals surface area contributed by atoms with Crippen LogP contribution in [0.2, 0.25) is 0 Å². The Balaban J connectivity index is 2.84. The summed E-state index contributed by atoms with van der Waals surface area (Å²) in [6.45, 7) is 3.46. The molecule has 2 N–H and O–H groups in total. The van der Waals surface area contributed by atoms with Crippen LogP contribution in [-0.2, 0) is 4.74 Å². The molecule has 1 aromatic rings. The number of nitrogens with one attached hydrogen (secondary N) is 1. The van der Waals surface area contributed by atoms with E-state index in [1.54, 1.807) is 6.92 Å². The van der Waals surface area contributed by atoms with Crippen LogP contribution in [0.5, 0.6) is 0 Å². The molecule has 1 aromatic heterocycles. The molecule has 90 valence electrons. The first kappa shape index (κ1) is 12.7. The molecule has 16 heavy (non-hydrogen) atoms. The third-order valence-corrected chi connectivity index (χ3v) is 2.29. The van der Waals surface area contributed by atoms with E-state index >= 15 is 0 Å². The van der Waals surface area contributed by atoms with Crippen molar-refractivity contribution in [2.24, 2.45) is 0 Å². The van der Waals surface area contributed by atoms with Gasteiger partial charge in [0, 0.05) is 12.3 Å². The maximum atomic E-state index is 11.4. The molecule has 1 rings (SSSR count). The quantitative estimate of drug-likeness (QED) is 0.733. The molecule has 0 unspecified atom stereocenters. The van der Waals surface area contributed by atoms with Crippen LogP contribution in [0.4, 0.5) is 0 Å². The second kappa shape index (κ2) is 5.62. The Morgan fingerprint density at radius 3 is 2.75 bits per heavy atom. The summed E-state index contributed by atoms with van der Waals surface area (Å²) < 4.78 is 6.71. The molecule has 0 aromatic carbocycles. The van der Waals surface area contributed by atoms with Gasteiger partial charge in [-0.2, -0.15) is 0 Å². The van der Waals surface area contributed by atoms with Crippen LogP contribution in [0.15, 0.2) is 21.9 Å². The zero-order valence-electron chi connectivity index (χ0n) is 9.34. The lowest BCUT2D eigenvalue weighted by molar-refractivity contribution is -0.0682. The first-order chi connectivity index (χ1) is 7.58. The van der Waals surface area contributed by atoms with Gasteiger partial charge in [-0.1, -0.05) is 6.92 Å². The minimum absolute atomic E-state index is 0.0983. The number of H-pyrrole nitrogens is 1. The molecule has 0 aliphatic heterocycles. The molecule has 0 amide bonds. The molecule has 0 fully saturated rings. The van der Waals surface area contributed by atoms with Crippen LogP contribution in [0.25, 0.3) is 0 Å². The molecule has 0 bridgehead atoms. The summed E-state index contributed by atoms with van der Waals surface area (Å²) in [6.07, 6.45) is 1.18. The third-order valence-electron chi connectivity index (χ3n) is 2.29. The number of aromatic nitrogens is 2. The van der Waals surface area contributed by atoms with E-state index in [9.17, 15) is 9.59 Å². The Kier molecular flexibility index (Phi) is 4.45. The van der Waals surface area contributed by atoms with Gasteiger partial charge >= 0.3 is 5.69 Å². The van der Waals surface area contributed by atoms with Crippen molar-refractivity contribution in [1.29, 1.82) is 0 Å². The average molecular weight is 228 g/mol. The lowest BCUT2D eigenvalue weighted by Crippen LogP contribution is -2.33. The van der Waals surface area contributed by atoms with Crippen LogP contribution < -0.4 is 11.2 Å². The van der Waals surface area contributed by atoms with E-state index in [0.717, 1.165) is 0 Å². The van der Waals surface area contributed by atoms with Crippen molar-refractivity contribution in [2.45, 2.75) is 32.6 Å². The number of ether oxygens (including phenoxy) is 1. The fourth-order valence-corrected chi connectivity index (χ4v) is 1.33. The van der Waals surface area contributed by atoms with Crippen molar-refractivity contribution in [3.63, 3.8) is 0 Å². The summed E-state index contributed by atoms with van der Waals surface area (Å²) in [5.41, 5.74) is -0.963. The highest BCUT2D eigenvalue weighted by atomic mass is 16.5. The van der Waals surface area contributed by atoms with E-state index in [-0.39, 0.29) is 12.7 Å². The van der Waals surface area contributed by atoms with Crippen molar-refractivity contribution in [3.8, 4) is 0 Å². The van der Waals surface area contributed by atoms with E-state index in [1.165, 1.54) is 16.8 Å². The first-order valence-corrected chi connectivity index (χ1v) is 5.16. The zero-order chi connectivity index (χ0) is 12.1. The highest BCUT2D eigenvalue weighted by Gasteiger charge is 2.12. The summed E-state index contributed by atoms with van der Waals surface area (Å²) >= 11 is 0. The maximum absolute atomic E-state index is 11.4. The normalized spacial score (nSPS) is 14.7. The molecule has 0 saturated carbocycles. The number of hydrogen-bond donors (Lipinski definition) is 2. The Morgan fingerprint density at radius 1 is 1.56 bits per heavy atom. The van der Waals surface area contributed by atoms with Gasteiger partial charge in [0.05, 0.1) is 12.7 Å². The Hall–Kier alpha value is -1.40. The first-order valence-electron chi connectivity index (χ1n) is 5.16. The summed E-state index contributed by atoms with van der Waals surface area (Å²) in [6, 6.07) is 1.25. The Morgan fingerprint density at radius 2 is 2.25 bits per heavy atom. The van der Waals surface area contributed by atoms with Gasteiger partial charge in [0.1, 0.15) is 6.23 Å². The molecule has 0 aliphatic carbocycles. The van der Waals surface area contributed by atoms with Crippen LogP contribution in [0.1, 0.15) is 26.5 Å². The highest BCUT2D eigenvalue weighted by molar-refractivity contribution is 4.83. The zero-order valence-corrected chi connectivity index (χ0v) is 9.34. The van der Waals surface area contributed by atoms with Crippen molar-refractivity contribution < 1.29 is 9.84 Å². The van der Waals surface area contributed by atoms with Crippen molar-refractivity contribution in [2.75, 3.05) is 6.61 Å². The predicted molar refractivity (Wildman–Crippen MR) is 58.3 cm³/mol. The molecule has 0 aliphatic rings. The van der Waals surface area contributed by atoms with Gasteiger partial charge in [-0.3, -0.25) is 14.3 Å². The summed E-state index contributed by atoms with van der Waals surface area (Å²) in [7, 11) is 0. The largest absolute Gasteiger partial charge is 0.394 e. The topological polar surface area (TPSA) is 84.3 Å². The molecule has 0 radical (unpaired) electrons. The standard InChI is InChI=1S/C10H16N2O4/c1-3-8(6-13)16-7(2)12-5-4-9(14)11-10(12)15/h4-5,7-8,13H,3,6H2,1-2H3,(H,11,14,15)/t7-,8+/m1/s1. The van der Waals surface area contributed by atoms with Crippen molar-refractivity contribution in [1.82, 2.24) is 9.55 Å². The predicted octanol–water partition coefficient (Wildman–Crippen LogP) is -0.157. The van der Waals surface area contributed by atoms with Crippen LogP contribution in [0.3, 0.4) is 0 Å². The number of aromatic amines is 1. The minimum atomic E-state index is -0.526. The summed E-state index contributed by atoms with van der Waals surface area (Å²) in [4.78, 5) is 24.4. The molecular weight excluding hydrogens is 212 g/mol. The van der Waals surface area contributed by atoms with Gasteiger partial charge in [-0.25, -0.2) is 4.79 Å². The lowest BCUT2D eigenvalue weighted by atomic mass is 10.3. The van der Waals surface area contributed by atoms with Gasteiger partial charge in [0.2, 0.25) is 0 Å². The SMILES string of the molecule is CC[C@@H](CO)O[C@H](C)n1ccc(=O)[nH]c1=O. The van der Waals surface area contributed by atoms with E-state index in [0.29, 0.717) is 6.42 Å². The maximum Gasteiger partial charge on any atom is 0.330 e. The van der Waals surface area contributed by atoms with E-state index in [1.807, 2.05) is 6.92 Å². The highest BCUT2D eigenvalue weighted by Crippen LogP contribution is 2.09. The molecule has 0 saturated heterocycles. The monoisotopic (exact) mass is 228 g/mol. The Labute approximate surface area is 92.5 Å². The fourth-order valence-electron chi connectivity index (χ4n) is 1.33. The fraction of sp³-hybridized carbons (Fsp3) is 0.600. The number of aliphatic hydroxyl groups excluding tert-OH is 1. The van der Waals surface area contributed by atoms with Crippen LogP contribution in [-0.4, -0.2) is 27.4 Å². The van der Waals surface area contributed by atoms with Crippen molar-refractivity contribution in [3.05, 3.63) is 33.1 Å². The molecular formula is C10H16N2O4. The lowest BCUT2D eigenvalue weighted by Gasteiger charge is -2.20. The van der Waals surface area contributed by atoms with Gasteiger partial charge < -0.3 is 9.84 Å². The van der Waals surface area contributed by atoms with E-state index < -0.39 is 17.5 Å². The van der Waals surface area contributed by atoms with Gasteiger partial charge in [0.25, 0.3) is 5.56 Å². The second-order valence-corrected chi connectivity index (χ2v) is 3.47. The van der Waals surface area contributed by atoms with Gasteiger partial charge in [-0.15, -0.1) is 0 Å². The van der Waals surface area contributed by atoms with Crippen LogP contribution >= 0.6 is 0 Å².